The van der Waals surface area contributed by atoms with Crippen LogP contribution in [0.4, 0.5) is 0 Å². The highest BCUT2D eigenvalue weighted by Crippen LogP contribution is 2.17. The van der Waals surface area contributed by atoms with Crippen LogP contribution in [0.15, 0.2) is 30.8 Å². The Bertz CT molecular complexity index is 475. The molecule has 1 atom stereocenters. The van der Waals surface area contributed by atoms with E-state index in [1.807, 2.05) is 6.08 Å². The Kier molecular flexibility index (Phi) is 13.2. The smallest absolute Gasteiger partial charge is 0.104 e. The second-order valence-electron chi connectivity index (χ2n) is 8.65. The van der Waals surface area contributed by atoms with Crippen molar-refractivity contribution in [3.05, 3.63) is 42.0 Å². The summed E-state index contributed by atoms with van der Waals surface area (Å²) in [4.78, 5) is 0. The number of nitrogens with zero attached hydrogens (tertiary/aromatic N) is 1. The molecule has 0 aromatic heterocycles. The molecule has 0 N–H and O–H groups in total. The highest BCUT2D eigenvalue weighted by Gasteiger charge is 2.19. The molecule has 1 heteroatoms. The molecule has 0 radical (unpaired) electrons. The van der Waals surface area contributed by atoms with E-state index >= 15 is 0 Å². The lowest BCUT2D eigenvalue weighted by atomic mass is 10.0. The van der Waals surface area contributed by atoms with Gasteiger partial charge in [0.2, 0.25) is 0 Å². The maximum Gasteiger partial charge on any atom is 0.104 e. The van der Waals surface area contributed by atoms with Gasteiger partial charge >= 0.3 is 0 Å². The predicted molar refractivity (Wildman–Crippen MR) is 123 cm³/mol. The first kappa shape index (κ1) is 24.0. The number of hydrogen-bond acceptors (Lipinski definition) is 0. The van der Waals surface area contributed by atoms with Crippen molar-refractivity contribution in [1.82, 2.24) is 0 Å². The van der Waals surface area contributed by atoms with Gasteiger partial charge in [0.15, 0.2) is 0 Å². The molecular formula is C26H46N+. The van der Waals surface area contributed by atoms with Crippen molar-refractivity contribution >= 4 is 6.08 Å². The minimum Gasteiger partial charge on any atom is -0.323 e. The van der Waals surface area contributed by atoms with E-state index in [4.69, 9.17) is 0 Å². The summed E-state index contributed by atoms with van der Waals surface area (Å²) in [5.41, 5.74) is 2.66. The lowest BCUT2D eigenvalue weighted by molar-refractivity contribution is -0.921. The minimum absolute atomic E-state index is 1.14. The van der Waals surface area contributed by atoms with Crippen LogP contribution in [0.2, 0.25) is 0 Å². The van der Waals surface area contributed by atoms with Crippen LogP contribution in [-0.2, 0) is 6.54 Å². The topological polar surface area (TPSA) is 0 Å². The van der Waals surface area contributed by atoms with Gasteiger partial charge in [0.1, 0.15) is 6.54 Å². The number of hydrogen-bond donors (Lipinski definition) is 0. The Balaban J connectivity index is 2.09. The Morgan fingerprint density at radius 1 is 0.741 bits per heavy atom. The maximum absolute atomic E-state index is 3.84. The SMILES string of the molecule is C=Cc1ccc(C[N+](C)(CC)CCCCCCCCCCCCCC)cc1. The van der Waals surface area contributed by atoms with Gasteiger partial charge in [-0.2, -0.15) is 0 Å². The van der Waals surface area contributed by atoms with E-state index in [1.165, 1.54) is 101 Å². The predicted octanol–water partition coefficient (Wildman–Crippen LogP) is 8.00. The van der Waals surface area contributed by atoms with Gasteiger partial charge in [0, 0.05) is 5.56 Å². The quantitative estimate of drug-likeness (QED) is 0.192. The van der Waals surface area contributed by atoms with Crippen LogP contribution in [0.25, 0.3) is 6.08 Å². The Labute approximate surface area is 170 Å². The monoisotopic (exact) mass is 372 g/mol. The number of unbranched alkanes of at least 4 members (excludes halogenated alkanes) is 11. The van der Waals surface area contributed by atoms with Crippen LogP contribution >= 0.6 is 0 Å². The standard InChI is InChI=1S/C26H46N/c1-5-8-9-10-11-12-13-14-15-16-17-18-23-27(4,7-3)24-26-21-19-25(6-2)20-22-26/h6,19-22H,2,5,7-18,23-24H2,1,3-4H3/q+1. The lowest BCUT2D eigenvalue weighted by Crippen LogP contribution is -2.43. The number of quaternary nitrogens is 1. The highest BCUT2D eigenvalue weighted by molar-refractivity contribution is 5.47. The van der Waals surface area contributed by atoms with Crippen LogP contribution in [0.3, 0.4) is 0 Å². The summed E-state index contributed by atoms with van der Waals surface area (Å²) < 4.78 is 1.16. The first-order chi connectivity index (χ1) is 13.1. The molecule has 1 nitrogen and oxygen atoms in total. The van der Waals surface area contributed by atoms with Gasteiger partial charge in [-0.1, -0.05) is 108 Å². The van der Waals surface area contributed by atoms with E-state index in [0.29, 0.717) is 0 Å². The van der Waals surface area contributed by atoms with Gasteiger partial charge in [0.25, 0.3) is 0 Å². The van der Waals surface area contributed by atoms with Gasteiger partial charge in [-0.15, -0.1) is 0 Å². The molecule has 0 aliphatic heterocycles. The average Bonchev–Trinajstić information content (AvgIpc) is 2.69. The third-order valence-electron chi connectivity index (χ3n) is 6.09. The first-order valence-corrected chi connectivity index (χ1v) is 11.7. The van der Waals surface area contributed by atoms with Gasteiger partial charge in [-0.3, -0.25) is 0 Å². The van der Waals surface area contributed by atoms with Crippen LogP contribution < -0.4 is 0 Å². The van der Waals surface area contributed by atoms with Crippen molar-refractivity contribution in [2.75, 3.05) is 20.1 Å². The van der Waals surface area contributed by atoms with Gasteiger partial charge in [0.05, 0.1) is 20.1 Å². The molecule has 1 aromatic rings. The van der Waals surface area contributed by atoms with Gasteiger partial charge in [-0.25, -0.2) is 0 Å². The summed E-state index contributed by atoms with van der Waals surface area (Å²) in [5, 5.41) is 0. The van der Waals surface area contributed by atoms with Crippen molar-refractivity contribution in [3.63, 3.8) is 0 Å². The normalized spacial score (nSPS) is 13.4. The van der Waals surface area contributed by atoms with Gasteiger partial charge < -0.3 is 4.48 Å². The molecule has 0 saturated heterocycles. The first-order valence-electron chi connectivity index (χ1n) is 11.7. The van der Waals surface area contributed by atoms with Crippen molar-refractivity contribution in [1.29, 1.82) is 0 Å². The van der Waals surface area contributed by atoms with E-state index in [0.717, 1.165) is 11.0 Å². The van der Waals surface area contributed by atoms with Crippen molar-refractivity contribution < 1.29 is 4.48 Å². The fourth-order valence-corrected chi connectivity index (χ4v) is 3.88. The van der Waals surface area contributed by atoms with Crippen LogP contribution in [0, 0.1) is 0 Å². The summed E-state index contributed by atoms with van der Waals surface area (Å²) in [7, 11) is 2.42. The van der Waals surface area contributed by atoms with Crippen molar-refractivity contribution in [2.45, 2.75) is 97.4 Å². The van der Waals surface area contributed by atoms with E-state index in [-0.39, 0.29) is 0 Å². The van der Waals surface area contributed by atoms with E-state index in [1.54, 1.807) is 0 Å². The third kappa shape index (κ3) is 11.4. The van der Waals surface area contributed by atoms with Crippen molar-refractivity contribution in [2.24, 2.45) is 0 Å². The summed E-state index contributed by atoms with van der Waals surface area (Å²) in [6, 6.07) is 8.91. The molecule has 0 aliphatic carbocycles. The maximum atomic E-state index is 3.84. The van der Waals surface area contributed by atoms with Crippen LogP contribution in [-0.4, -0.2) is 24.6 Å². The number of benzene rings is 1. The molecule has 0 amide bonds. The molecule has 154 valence electrons. The summed E-state index contributed by atoms with van der Waals surface area (Å²) in [6.07, 6.45) is 19.1. The molecule has 0 fully saturated rings. The zero-order valence-corrected chi connectivity index (χ0v) is 18.6. The molecule has 0 bridgehead atoms. The van der Waals surface area contributed by atoms with E-state index in [2.05, 4.69) is 51.7 Å². The van der Waals surface area contributed by atoms with Crippen LogP contribution in [0.5, 0.6) is 0 Å². The molecule has 1 rings (SSSR count). The largest absolute Gasteiger partial charge is 0.323 e. The second-order valence-corrected chi connectivity index (χ2v) is 8.65. The van der Waals surface area contributed by atoms with E-state index in [9.17, 15) is 0 Å². The Hall–Kier alpha value is -1.08. The molecule has 0 saturated carbocycles. The molecule has 0 aliphatic rings. The average molecular weight is 373 g/mol. The minimum atomic E-state index is 1.14. The zero-order valence-electron chi connectivity index (χ0n) is 18.6. The fraction of sp³-hybridized carbons (Fsp3) is 0.692. The van der Waals surface area contributed by atoms with Crippen molar-refractivity contribution in [3.8, 4) is 0 Å². The molecule has 1 aromatic carbocycles. The fourth-order valence-electron chi connectivity index (χ4n) is 3.88. The van der Waals surface area contributed by atoms with E-state index < -0.39 is 0 Å². The Morgan fingerprint density at radius 3 is 1.67 bits per heavy atom. The summed E-state index contributed by atoms with van der Waals surface area (Å²) >= 11 is 0. The Morgan fingerprint density at radius 2 is 1.22 bits per heavy atom. The molecule has 27 heavy (non-hydrogen) atoms. The second kappa shape index (κ2) is 14.9. The van der Waals surface area contributed by atoms with Crippen LogP contribution in [0.1, 0.15) is 102 Å². The molecule has 0 spiro atoms. The zero-order chi connectivity index (χ0) is 19.8. The molecular weight excluding hydrogens is 326 g/mol. The number of rotatable bonds is 17. The lowest BCUT2D eigenvalue weighted by Gasteiger charge is -2.33. The van der Waals surface area contributed by atoms with Gasteiger partial charge in [-0.05, 0) is 25.3 Å². The highest BCUT2D eigenvalue weighted by atomic mass is 15.3. The third-order valence-corrected chi connectivity index (χ3v) is 6.09. The summed E-state index contributed by atoms with van der Waals surface area (Å²) in [5.74, 6) is 0. The summed E-state index contributed by atoms with van der Waals surface area (Å²) in [6.45, 7) is 12.1. The molecule has 0 heterocycles. The molecule has 1 unspecified atom stereocenters.